The maximum atomic E-state index is 6.08. The molecule has 0 radical (unpaired) electrons. The van der Waals surface area contributed by atoms with E-state index in [2.05, 4.69) is 15.9 Å². The predicted molar refractivity (Wildman–Crippen MR) is 99.8 cm³/mol. The zero-order valence-electron chi connectivity index (χ0n) is 14.5. The highest BCUT2D eigenvalue weighted by molar-refractivity contribution is 6.30. The molecule has 5 heteroatoms. The van der Waals surface area contributed by atoms with Crippen molar-refractivity contribution in [3.63, 3.8) is 0 Å². The fraction of sp³-hybridized carbons (Fsp3) is 0.500. The average Bonchev–Trinajstić information content (AvgIpc) is 3.11. The smallest absolute Gasteiger partial charge is 0.134 e. The standard InChI is InChI=1S/C20H25ClN2O2/c21-17-4-1-3-16(13-17)20-7-6-19(25-20)15-22-8-2-5-18(14-22)23-9-11-24-12-10-23/h1,3-4,6-7,13,18H,2,5,8-12,14-15H2. The van der Waals surface area contributed by atoms with Crippen LogP contribution in [0.15, 0.2) is 40.8 Å². The fourth-order valence-electron chi connectivity index (χ4n) is 3.90. The number of likely N-dealkylation sites (tertiary alicyclic amines) is 1. The molecule has 1 atom stereocenters. The summed E-state index contributed by atoms with van der Waals surface area (Å²) < 4.78 is 11.6. The number of halogens is 1. The minimum Gasteiger partial charge on any atom is -0.460 e. The van der Waals surface area contributed by atoms with Gasteiger partial charge in [-0.25, -0.2) is 0 Å². The number of nitrogens with zero attached hydrogens (tertiary/aromatic N) is 2. The first kappa shape index (κ1) is 17.1. The molecule has 1 aromatic carbocycles. The molecule has 1 unspecified atom stereocenters. The van der Waals surface area contributed by atoms with Crippen LogP contribution in [-0.4, -0.2) is 55.2 Å². The Bertz CT molecular complexity index is 697. The lowest BCUT2D eigenvalue weighted by molar-refractivity contribution is -0.00427. The molecular weight excluding hydrogens is 336 g/mol. The monoisotopic (exact) mass is 360 g/mol. The first-order valence-electron chi connectivity index (χ1n) is 9.17. The molecule has 0 saturated carbocycles. The second-order valence-corrected chi connectivity index (χ2v) is 7.39. The summed E-state index contributed by atoms with van der Waals surface area (Å²) in [5, 5.41) is 0.736. The van der Waals surface area contributed by atoms with E-state index in [0.717, 1.165) is 68.0 Å². The predicted octanol–water partition coefficient (Wildman–Crippen LogP) is 3.90. The third-order valence-corrected chi connectivity index (χ3v) is 5.43. The Balaban J connectivity index is 1.38. The topological polar surface area (TPSA) is 28.9 Å². The molecule has 4 nitrogen and oxygen atoms in total. The number of hydrogen-bond acceptors (Lipinski definition) is 4. The summed E-state index contributed by atoms with van der Waals surface area (Å²) in [4.78, 5) is 5.11. The van der Waals surface area contributed by atoms with Crippen LogP contribution >= 0.6 is 11.6 Å². The zero-order chi connectivity index (χ0) is 17.1. The summed E-state index contributed by atoms with van der Waals surface area (Å²) >= 11 is 6.08. The minimum absolute atomic E-state index is 0.653. The van der Waals surface area contributed by atoms with Crippen LogP contribution in [0.2, 0.25) is 5.02 Å². The number of furan rings is 1. The van der Waals surface area contributed by atoms with Gasteiger partial charge in [0.05, 0.1) is 19.8 Å². The van der Waals surface area contributed by atoms with Gasteiger partial charge in [-0.05, 0) is 43.7 Å². The molecule has 25 heavy (non-hydrogen) atoms. The maximum Gasteiger partial charge on any atom is 0.134 e. The normalized spacial score (nSPS) is 23.0. The van der Waals surface area contributed by atoms with Gasteiger partial charge in [-0.1, -0.05) is 23.7 Å². The second-order valence-electron chi connectivity index (χ2n) is 6.96. The first-order valence-corrected chi connectivity index (χ1v) is 9.54. The van der Waals surface area contributed by atoms with E-state index in [-0.39, 0.29) is 0 Å². The molecule has 0 aliphatic carbocycles. The van der Waals surface area contributed by atoms with E-state index in [1.807, 2.05) is 30.3 Å². The Morgan fingerprint density at radius 3 is 2.80 bits per heavy atom. The van der Waals surface area contributed by atoms with E-state index in [9.17, 15) is 0 Å². The molecule has 134 valence electrons. The molecule has 0 bridgehead atoms. The highest BCUT2D eigenvalue weighted by Crippen LogP contribution is 2.26. The van der Waals surface area contributed by atoms with Crippen molar-refractivity contribution in [2.24, 2.45) is 0 Å². The Labute approximate surface area is 154 Å². The van der Waals surface area contributed by atoms with E-state index in [4.69, 9.17) is 20.8 Å². The Hall–Kier alpha value is -1.33. The van der Waals surface area contributed by atoms with Gasteiger partial charge in [0.15, 0.2) is 0 Å². The molecule has 4 rings (SSSR count). The van der Waals surface area contributed by atoms with Gasteiger partial charge in [0, 0.05) is 36.3 Å². The molecule has 2 saturated heterocycles. The van der Waals surface area contributed by atoms with Crippen molar-refractivity contribution in [2.75, 3.05) is 39.4 Å². The van der Waals surface area contributed by atoms with Crippen LogP contribution in [0.25, 0.3) is 11.3 Å². The van der Waals surface area contributed by atoms with Gasteiger partial charge >= 0.3 is 0 Å². The molecule has 0 amide bonds. The van der Waals surface area contributed by atoms with Crippen LogP contribution in [0.3, 0.4) is 0 Å². The Kier molecular flexibility index (Phi) is 5.42. The van der Waals surface area contributed by atoms with Crippen LogP contribution in [0.4, 0.5) is 0 Å². The third-order valence-electron chi connectivity index (χ3n) is 5.19. The molecule has 2 aliphatic heterocycles. The molecule has 0 spiro atoms. The summed E-state index contributed by atoms with van der Waals surface area (Å²) in [5.74, 6) is 1.91. The second kappa shape index (κ2) is 7.92. The molecule has 2 fully saturated rings. The van der Waals surface area contributed by atoms with E-state index in [0.29, 0.717) is 6.04 Å². The number of benzene rings is 1. The SMILES string of the molecule is Clc1cccc(-c2ccc(CN3CCCC(N4CCOCC4)C3)o2)c1. The quantitative estimate of drug-likeness (QED) is 0.827. The van der Waals surface area contributed by atoms with Crippen LogP contribution in [0.5, 0.6) is 0 Å². The lowest BCUT2D eigenvalue weighted by atomic mass is 10.0. The molecular formula is C20H25ClN2O2. The van der Waals surface area contributed by atoms with E-state index >= 15 is 0 Å². The van der Waals surface area contributed by atoms with Gasteiger partial charge in [-0.15, -0.1) is 0 Å². The van der Waals surface area contributed by atoms with Crippen molar-refractivity contribution in [3.8, 4) is 11.3 Å². The average molecular weight is 361 g/mol. The molecule has 1 aromatic heterocycles. The zero-order valence-corrected chi connectivity index (χ0v) is 15.3. The van der Waals surface area contributed by atoms with Gasteiger partial charge in [0.2, 0.25) is 0 Å². The molecule has 0 N–H and O–H groups in total. The number of ether oxygens (including phenoxy) is 1. The molecule has 2 aliphatic rings. The van der Waals surface area contributed by atoms with Gasteiger partial charge in [0.25, 0.3) is 0 Å². The Morgan fingerprint density at radius 1 is 1.08 bits per heavy atom. The highest BCUT2D eigenvalue weighted by Gasteiger charge is 2.26. The number of morpholine rings is 1. The summed E-state index contributed by atoms with van der Waals surface area (Å²) in [6.07, 6.45) is 2.55. The van der Waals surface area contributed by atoms with Crippen LogP contribution in [0.1, 0.15) is 18.6 Å². The van der Waals surface area contributed by atoms with Crippen molar-refractivity contribution in [1.82, 2.24) is 9.80 Å². The van der Waals surface area contributed by atoms with Crippen molar-refractivity contribution in [1.29, 1.82) is 0 Å². The van der Waals surface area contributed by atoms with Crippen molar-refractivity contribution in [2.45, 2.75) is 25.4 Å². The van der Waals surface area contributed by atoms with Gasteiger partial charge in [-0.3, -0.25) is 9.80 Å². The van der Waals surface area contributed by atoms with Crippen LogP contribution in [-0.2, 0) is 11.3 Å². The molecule has 2 aromatic rings. The highest BCUT2D eigenvalue weighted by atomic mass is 35.5. The Morgan fingerprint density at radius 2 is 1.96 bits per heavy atom. The fourth-order valence-corrected chi connectivity index (χ4v) is 4.09. The third kappa shape index (κ3) is 4.26. The number of rotatable bonds is 4. The summed E-state index contributed by atoms with van der Waals surface area (Å²) in [5.41, 5.74) is 1.03. The minimum atomic E-state index is 0.653. The summed E-state index contributed by atoms with van der Waals surface area (Å²) in [6.45, 7) is 7.02. The maximum absolute atomic E-state index is 6.08. The van der Waals surface area contributed by atoms with E-state index < -0.39 is 0 Å². The summed E-state index contributed by atoms with van der Waals surface area (Å²) in [7, 11) is 0. The number of piperidine rings is 1. The largest absolute Gasteiger partial charge is 0.460 e. The number of hydrogen-bond donors (Lipinski definition) is 0. The van der Waals surface area contributed by atoms with Crippen LogP contribution in [0, 0.1) is 0 Å². The van der Waals surface area contributed by atoms with Crippen molar-refractivity contribution < 1.29 is 9.15 Å². The first-order chi connectivity index (χ1) is 12.3. The van der Waals surface area contributed by atoms with E-state index in [1.165, 1.54) is 12.8 Å². The summed E-state index contributed by atoms with van der Waals surface area (Å²) in [6, 6.07) is 12.6. The lowest BCUT2D eigenvalue weighted by Crippen LogP contribution is -2.51. The van der Waals surface area contributed by atoms with Crippen molar-refractivity contribution in [3.05, 3.63) is 47.2 Å². The van der Waals surface area contributed by atoms with Gasteiger partial charge < -0.3 is 9.15 Å². The van der Waals surface area contributed by atoms with E-state index in [1.54, 1.807) is 0 Å². The van der Waals surface area contributed by atoms with Gasteiger partial charge in [-0.2, -0.15) is 0 Å². The van der Waals surface area contributed by atoms with Gasteiger partial charge in [0.1, 0.15) is 11.5 Å². The van der Waals surface area contributed by atoms with Crippen molar-refractivity contribution >= 4 is 11.6 Å². The van der Waals surface area contributed by atoms with Crippen LogP contribution < -0.4 is 0 Å². The molecule has 3 heterocycles. The lowest BCUT2D eigenvalue weighted by Gasteiger charge is -2.40.